The largest absolute Gasteiger partial charge is 0.248 e. The van der Waals surface area contributed by atoms with Crippen LogP contribution in [0.3, 0.4) is 0 Å². The Labute approximate surface area is 317 Å². The van der Waals surface area contributed by atoms with Crippen LogP contribution in [0.1, 0.15) is 48.8 Å². The van der Waals surface area contributed by atoms with Crippen LogP contribution < -0.4 is 0 Å². The van der Waals surface area contributed by atoms with Crippen molar-refractivity contribution in [3.05, 3.63) is 174 Å². The van der Waals surface area contributed by atoms with Crippen molar-refractivity contribution in [2.24, 2.45) is 23.7 Å². The number of hydrogen-bond acceptors (Lipinski definition) is 2. The maximum atomic E-state index is 9.92. The molecule has 7 aromatic rings. The van der Waals surface area contributed by atoms with Gasteiger partial charge in [0.25, 0.3) is 0 Å². The molecule has 0 unspecified atom stereocenters. The lowest BCUT2D eigenvalue weighted by Gasteiger charge is -2.61. The second-order valence-corrected chi connectivity index (χ2v) is 16.3. The van der Waals surface area contributed by atoms with Gasteiger partial charge in [-0.25, -0.2) is 4.98 Å². The predicted octanol–water partition coefficient (Wildman–Crippen LogP) is 13.0. The van der Waals surface area contributed by atoms with E-state index in [0.717, 1.165) is 45.5 Å². The summed E-state index contributed by atoms with van der Waals surface area (Å²) < 4.78 is 0. The van der Waals surface area contributed by atoms with E-state index in [0.29, 0.717) is 11.8 Å². The topological polar surface area (TPSA) is 36.7 Å². The molecule has 4 fully saturated rings. The quantitative estimate of drug-likeness (QED) is 0.180. The van der Waals surface area contributed by atoms with E-state index in [1.165, 1.54) is 76.6 Å². The fourth-order valence-electron chi connectivity index (χ4n) is 11.5. The smallest absolute Gasteiger partial charge is 0.0991 e. The standard InChI is InChI=1S/C52H40N2/c53-32-33-17-22-48-47(28-33)46-16-8-15-45(51(46)52(48)43-24-34-23-35(26-43)27-44(52)25-34)37-20-18-36(19-21-37)40-13-7-14-41(29-40)42-30-49(38-9-3-1-4-10-38)54-50(31-42)39-11-5-2-6-12-39/h1-22,28-31,34-35,43-44H,23-27H2. The van der Waals surface area contributed by atoms with E-state index in [-0.39, 0.29) is 5.41 Å². The molecule has 2 heteroatoms. The first-order valence-corrected chi connectivity index (χ1v) is 19.7. The Hall–Kier alpha value is -6.04. The second kappa shape index (κ2) is 12.3. The van der Waals surface area contributed by atoms with Gasteiger partial charge in [-0.05, 0) is 142 Å². The first-order chi connectivity index (χ1) is 26.7. The van der Waals surface area contributed by atoms with E-state index in [4.69, 9.17) is 4.98 Å². The zero-order valence-electron chi connectivity index (χ0n) is 30.3. The molecule has 1 spiro atoms. The molecule has 2 nitrogen and oxygen atoms in total. The maximum absolute atomic E-state index is 9.92. The molecular formula is C52H40N2. The number of rotatable bonds is 5. The van der Waals surface area contributed by atoms with Gasteiger partial charge in [-0.2, -0.15) is 5.26 Å². The van der Waals surface area contributed by atoms with Gasteiger partial charge in [0.2, 0.25) is 0 Å². The van der Waals surface area contributed by atoms with Crippen molar-refractivity contribution in [2.45, 2.75) is 37.5 Å². The highest BCUT2D eigenvalue weighted by atomic mass is 14.7. The van der Waals surface area contributed by atoms with E-state index in [2.05, 4.69) is 164 Å². The summed E-state index contributed by atoms with van der Waals surface area (Å²) in [6.07, 6.45) is 6.79. The van der Waals surface area contributed by atoms with E-state index in [9.17, 15) is 5.26 Å². The minimum Gasteiger partial charge on any atom is -0.248 e. The van der Waals surface area contributed by atoms with Crippen molar-refractivity contribution >= 4 is 0 Å². The Bertz CT molecular complexity index is 2530. The van der Waals surface area contributed by atoms with E-state index >= 15 is 0 Å². The van der Waals surface area contributed by atoms with Gasteiger partial charge < -0.3 is 0 Å². The first kappa shape index (κ1) is 31.5. The fourth-order valence-corrected chi connectivity index (χ4v) is 11.5. The van der Waals surface area contributed by atoms with Crippen LogP contribution >= 0.6 is 0 Å². The van der Waals surface area contributed by atoms with Crippen LogP contribution in [-0.2, 0) is 5.41 Å². The number of hydrogen-bond donors (Lipinski definition) is 0. The Morgan fingerprint density at radius 2 is 1.00 bits per heavy atom. The molecule has 1 aromatic heterocycles. The second-order valence-electron chi connectivity index (χ2n) is 16.3. The van der Waals surface area contributed by atoms with Crippen LogP contribution in [0.25, 0.3) is 67.0 Å². The Morgan fingerprint density at radius 1 is 0.444 bits per heavy atom. The number of aromatic nitrogens is 1. The van der Waals surface area contributed by atoms with Crippen molar-refractivity contribution in [1.82, 2.24) is 4.98 Å². The molecule has 0 aliphatic heterocycles. The van der Waals surface area contributed by atoms with Crippen molar-refractivity contribution in [3.8, 4) is 73.1 Å². The van der Waals surface area contributed by atoms with Crippen molar-refractivity contribution in [1.29, 1.82) is 5.26 Å². The molecule has 12 rings (SSSR count). The molecule has 4 saturated carbocycles. The SMILES string of the molecule is N#Cc1ccc2c(c1)-c1cccc(-c3ccc(-c4cccc(-c5cc(-c6ccccc6)nc(-c6ccccc6)c5)c4)cc3)c1C21C2CC3CC(C2)CC1C3. The number of fused-ring (bicyclic) bond motifs is 3. The third kappa shape index (κ3) is 4.81. The monoisotopic (exact) mass is 692 g/mol. The molecule has 0 amide bonds. The molecule has 258 valence electrons. The summed E-state index contributed by atoms with van der Waals surface area (Å²) in [6.45, 7) is 0. The highest BCUT2D eigenvalue weighted by Crippen LogP contribution is 2.70. The van der Waals surface area contributed by atoms with Crippen LogP contribution in [0.2, 0.25) is 0 Å². The molecule has 1 heterocycles. The molecule has 6 aromatic carbocycles. The summed E-state index contributed by atoms with van der Waals surface area (Å²) in [6, 6.07) is 59.6. The summed E-state index contributed by atoms with van der Waals surface area (Å²) in [5.41, 5.74) is 18.0. The number of benzene rings is 6. The molecule has 5 aliphatic rings. The molecule has 0 atom stereocenters. The van der Waals surface area contributed by atoms with Crippen LogP contribution in [0, 0.1) is 35.0 Å². The fraction of sp³-hybridized carbons (Fsp3) is 0.192. The Kier molecular flexibility index (Phi) is 7.15. The number of nitrogens with zero attached hydrogens (tertiary/aromatic N) is 2. The highest BCUT2D eigenvalue weighted by Gasteiger charge is 2.62. The molecule has 0 N–H and O–H groups in total. The lowest BCUT2D eigenvalue weighted by molar-refractivity contribution is -0.0397. The number of pyridine rings is 1. The third-order valence-corrected chi connectivity index (χ3v) is 13.5. The minimum absolute atomic E-state index is 0.0391. The molecule has 0 saturated heterocycles. The molecule has 54 heavy (non-hydrogen) atoms. The van der Waals surface area contributed by atoms with Gasteiger partial charge in [-0.15, -0.1) is 0 Å². The maximum Gasteiger partial charge on any atom is 0.0991 e. The van der Waals surface area contributed by atoms with Gasteiger partial charge in [0.05, 0.1) is 23.0 Å². The zero-order valence-corrected chi connectivity index (χ0v) is 30.3. The highest BCUT2D eigenvalue weighted by molar-refractivity contribution is 5.90. The Balaban J connectivity index is 0.991. The van der Waals surface area contributed by atoms with Crippen LogP contribution in [-0.4, -0.2) is 4.98 Å². The van der Waals surface area contributed by atoms with Crippen molar-refractivity contribution < 1.29 is 0 Å². The van der Waals surface area contributed by atoms with E-state index in [1.54, 1.807) is 5.56 Å². The van der Waals surface area contributed by atoms with Crippen molar-refractivity contribution in [2.75, 3.05) is 0 Å². The summed E-state index contributed by atoms with van der Waals surface area (Å²) in [5.74, 6) is 3.10. The summed E-state index contributed by atoms with van der Waals surface area (Å²) in [5, 5.41) is 9.92. The minimum atomic E-state index is 0.0391. The van der Waals surface area contributed by atoms with Crippen LogP contribution in [0.5, 0.6) is 0 Å². The predicted molar refractivity (Wildman–Crippen MR) is 219 cm³/mol. The molecule has 4 bridgehead atoms. The Morgan fingerprint density at radius 3 is 1.63 bits per heavy atom. The molecule has 5 aliphatic carbocycles. The van der Waals surface area contributed by atoms with Crippen LogP contribution in [0.15, 0.2) is 158 Å². The van der Waals surface area contributed by atoms with Crippen LogP contribution in [0.4, 0.5) is 0 Å². The van der Waals surface area contributed by atoms with E-state index < -0.39 is 0 Å². The third-order valence-electron chi connectivity index (χ3n) is 13.5. The first-order valence-electron chi connectivity index (χ1n) is 19.7. The normalized spacial score (nSPS) is 22.9. The van der Waals surface area contributed by atoms with Gasteiger partial charge in [-0.1, -0.05) is 127 Å². The lowest BCUT2D eigenvalue weighted by Crippen LogP contribution is -2.55. The van der Waals surface area contributed by atoms with Gasteiger partial charge in [-0.3, -0.25) is 0 Å². The van der Waals surface area contributed by atoms with Gasteiger partial charge >= 0.3 is 0 Å². The summed E-state index contributed by atoms with van der Waals surface area (Å²) in [4.78, 5) is 5.11. The lowest BCUT2D eigenvalue weighted by atomic mass is 9.42. The average molecular weight is 693 g/mol. The van der Waals surface area contributed by atoms with Crippen molar-refractivity contribution in [3.63, 3.8) is 0 Å². The van der Waals surface area contributed by atoms with Gasteiger partial charge in [0.15, 0.2) is 0 Å². The summed E-state index contributed by atoms with van der Waals surface area (Å²) >= 11 is 0. The number of nitriles is 1. The summed E-state index contributed by atoms with van der Waals surface area (Å²) in [7, 11) is 0. The van der Waals surface area contributed by atoms with Gasteiger partial charge in [0.1, 0.15) is 0 Å². The molecule has 0 radical (unpaired) electrons. The average Bonchev–Trinajstić information content (AvgIpc) is 3.53. The van der Waals surface area contributed by atoms with E-state index in [1.807, 2.05) is 0 Å². The van der Waals surface area contributed by atoms with Gasteiger partial charge in [0, 0.05) is 16.5 Å². The molecular weight excluding hydrogens is 653 g/mol. The zero-order chi connectivity index (χ0) is 35.8.